The van der Waals surface area contributed by atoms with Crippen LogP contribution < -0.4 is 20.3 Å². The van der Waals surface area contributed by atoms with Crippen molar-refractivity contribution in [1.82, 2.24) is 14.6 Å². The van der Waals surface area contributed by atoms with Crippen molar-refractivity contribution in [3.05, 3.63) is 80.7 Å². The highest BCUT2D eigenvalue weighted by Crippen LogP contribution is 2.20. The zero-order chi connectivity index (χ0) is 23.4. The van der Waals surface area contributed by atoms with Crippen molar-refractivity contribution >= 4 is 27.9 Å². The molecule has 1 N–H and O–H groups in total. The number of carbonyl (C=O) groups excluding carboxylic acids is 1. The van der Waals surface area contributed by atoms with Crippen molar-refractivity contribution in [3.63, 3.8) is 0 Å². The largest absolute Gasteiger partial charge is 0.487 e. The maximum absolute atomic E-state index is 12.3. The van der Waals surface area contributed by atoms with Crippen LogP contribution in [0.25, 0.3) is 4.96 Å². The molecule has 0 atom stereocenters. The van der Waals surface area contributed by atoms with Gasteiger partial charge in [-0.2, -0.15) is 9.61 Å². The van der Waals surface area contributed by atoms with Gasteiger partial charge in [-0.25, -0.2) is 4.98 Å². The van der Waals surface area contributed by atoms with Gasteiger partial charge in [0, 0.05) is 17.8 Å². The smallest absolute Gasteiger partial charge is 0.275 e. The fraction of sp³-hybridized carbons (Fsp3) is 0.250. The van der Waals surface area contributed by atoms with E-state index in [-0.39, 0.29) is 24.7 Å². The number of anilines is 1. The van der Waals surface area contributed by atoms with Gasteiger partial charge >= 0.3 is 0 Å². The van der Waals surface area contributed by atoms with Gasteiger partial charge in [-0.05, 0) is 55.7 Å². The second-order valence-electron chi connectivity index (χ2n) is 7.53. The van der Waals surface area contributed by atoms with Crippen LogP contribution in [-0.4, -0.2) is 27.1 Å². The van der Waals surface area contributed by atoms with E-state index in [0.29, 0.717) is 27.8 Å². The van der Waals surface area contributed by atoms with Crippen LogP contribution in [0.15, 0.2) is 53.3 Å². The molecular formula is C24H24N4O4S. The van der Waals surface area contributed by atoms with E-state index in [1.807, 2.05) is 39.0 Å². The minimum Gasteiger partial charge on any atom is -0.487 e. The number of nitrogens with one attached hydrogen (secondary N) is 1. The molecule has 0 spiro atoms. The van der Waals surface area contributed by atoms with Gasteiger partial charge in [-0.3, -0.25) is 9.59 Å². The summed E-state index contributed by atoms with van der Waals surface area (Å²) in [5.74, 6) is 0.920. The van der Waals surface area contributed by atoms with Gasteiger partial charge < -0.3 is 14.8 Å². The van der Waals surface area contributed by atoms with Gasteiger partial charge in [0.15, 0.2) is 6.61 Å². The van der Waals surface area contributed by atoms with E-state index in [1.165, 1.54) is 27.5 Å². The van der Waals surface area contributed by atoms with Crippen molar-refractivity contribution in [2.45, 2.75) is 33.8 Å². The first-order valence-corrected chi connectivity index (χ1v) is 11.3. The summed E-state index contributed by atoms with van der Waals surface area (Å²) >= 11 is 1.39. The molecule has 0 saturated carbocycles. The fourth-order valence-electron chi connectivity index (χ4n) is 3.08. The van der Waals surface area contributed by atoms with Gasteiger partial charge in [0.25, 0.3) is 11.5 Å². The van der Waals surface area contributed by atoms with E-state index in [2.05, 4.69) is 15.4 Å². The minimum atomic E-state index is -0.276. The normalized spacial score (nSPS) is 10.9. The SMILES string of the molecule is CCc1nn2c(=O)cc(COc3cccc(NC(=O)COc4ccc(C)c(C)c4)c3)nc2s1. The lowest BCUT2D eigenvalue weighted by atomic mass is 10.1. The standard InChI is InChI=1S/C24H24N4O4S/c1-4-22-27-28-23(30)12-18(26-24(28)33-22)13-31-19-7-5-6-17(11-19)25-21(29)14-32-20-9-8-15(2)16(3)10-20/h5-12H,4,13-14H2,1-3H3,(H,25,29). The maximum atomic E-state index is 12.3. The van der Waals surface area contributed by atoms with Gasteiger partial charge in [0.1, 0.15) is 23.1 Å². The third kappa shape index (κ3) is 5.56. The highest BCUT2D eigenvalue weighted by atomic mass is 32.1. The molecule has 2 aromatic carbocycles. The molecule has 0 saturated heterocycles. The molecule has 9 heteroatoms. The predicted octanol–water partition coefficient (Wildman–Crippen LogP) is 3.93. The Morgan fingerprint density at radius 2 is 1.88 bits per heavy atom. The molecule has 8 nitrogen and oxygen atoms in total. The molecule has 0 aliphatic rings. The summed E-state index contributed by atoms with van der Waals surface area (Å²) in [5, 5.41) is 7.89. The number of amides is 1. The lowest BCUT2D eigenvalue weighted by Crippen LogP contribution is -2.20. The number of benzene rings is 2. The Hall–Kier alpha value is -3.72. The first-order valence-electron chi connectivity index (χ1n) is 10.5. The third-order valence-corrected chi connectivity index (χ3v) is 6.05. The summed E-state index contributed by atoms with van der Waals surface area (Å²) < 4.78 is 12.7. The first-order chi connectivity index (χ1) is 15.9. The highest BCUT2D eigenvalue weighted by Gasteiger charge is 2.10. The molecule has 1 amide bonds. The number of carbonyl (C=O) groups is 1. The van der Waals surface area contributed by atoms with Crippen LogP contribution in [0, 0.1) is 13.8 Å². The van der Waals surface area contributed by atoms with E-state index in [9.17, 15) is 9.59 Å². The Kier molecular flexibility index (Phi) is 6.69. The molecule has 170 valence electrons. The van der Waals surface area contributed by atoms with Crippen LogP contribution in [0.3, 0.4) is 0 Å². The second-order valence-corrected chi connectivity index (χ2v) is 8.57. The summed E-state index contributed by atoms with van der Waals surface area (Å²) in [6.45, 7) is 6.02. The molecule has 4 rings (SSSR count). The Morgan fingerprint density at radius 1 is 1.06 bits per heavy atom. The number of fused-ring (bicyclic) bond motifs is 1. The Balaban J connectivity index is 1.35. The topological polar surface area (TPSA) is 94.8 Å². The molecule has 0 aliphatic heterocycles. The number of aromatic nitrogens is 3. The zero-order valence-electron chi connectivity index (χ0n) is 18.6. The molecule has 0 radical (unpaired) electrons. The number of nitrogens with zero attached hydrogens (tertiary/aromatic N) is 3. The van der Waals surface area contributed by atoms with Crippen molar-refractivity contribution < 1.29 is 14.3 Å². The Morgan fingerprint density at radius 3 is 2.67 bits per heavy atom. The van der Waals surface area contributed by atoms with Crippen molar-refractivity contribution in [1.29, 1.82) is 0 Å². The highest BCUT2D eigenvalue weighted by molar-refractivity contribution is 7.16. The number of aryl methyl sites for hydroxylation is 3. The number of rotatable bonds is 8. The number of ether oxygens (including phenoxy) is 2. The van der Waals surface area contributed by atoms with E-state index in [4.69, 9.17) is 9.47 Å². The molecule has 4 aromatic rings. The molecule has 2 aromatic heterocycles. The summed E-state index contributed by atoms with van der Waals surface area (Å²) in [4.78, 5) is 29.6. The fourth-order valence-corrected chi connectivity index (χ4v) is 3.94. The summed E-state index contributed by atoms with van der Waals surface area (Å²) in [7, 11) is 0. The zero-order valence-corrected chi connectivity index (χ0v) is 19.4. The maximum Gasteiger partial charge on any atom is 0.275 e. The molecule has 0 unspecified atom stereocenters. The van der Waals surface area contributed by atoms with Crippen LogP contribution in [0.5, 0.6) is 11.5 Å². The quantitative estimate of drug-likeness (QED) is 0.425. The van der Waals surface area contributed by atoms with Crippen LogP contribution in [0.4, 0.5) is 5.69 Å². The van der Waals surface area contributed by atoms with Crippen molar-refractivity contribution in [2.75, 3.05) is 11.9 Å². The van der Waals surface area contributed by atoms with Crippen LogP contribution in [0.2, 0.25) is 0 Å². The Labute approximate surface area is 194 Å². The number of hydrogen-bond acceptors (Lipinski definition) is 7. The third-order valence-electron chi connectivity index (χ3n) is 5.00. The lowest BCUT2D eigenvalue weighted by Gasteiger charge is -2.10. The van der Waals surface area contributed by atoms with Gasteiger partial charge in [-0.1, -0.05) is 30.4 Å². The van der Waals surface area contributed by atoms with Crippen molar-refractivity contribution in [2.24, 2.45) is 0 Å². The van der Waals surface area contributed by atoms with E-state index in [0.717, 1.165) is 17.0 Å². The average molecular weight is 465 g/mol. The first kappa shape index (κ1) is 22.5. The van der Waals surface area contributed by atoms with Gasteiger partial charge in [-0.15, -0.1) is 0 Å². The van der Waals surface area contributed by atoms with Crippen LogP contribution in [-0.2, 0) is 17.8 Å². The second kappa shape index (κ2) is 9.83. The predicted molar refractivity (Wildman–Crippen MR) is 127 cm³/mol. The van der Waals surface area contributed by atoms with Gasteiger partial charge in [0.05, 0.1) is 5.69 Å². The average Bonchev–Trinajstić information content (AvgIpc) is 3.23. The monoisotopic (exact) mass is 464 g/mol. The molecule has 33 heavy (non-hydrogen) atoms. The molecule has 0 bridgehead atoms. The summed E-state index contributed by atoms with van der Waals surface area (Å²) in [6.07, 6.45) is 0.744. The lowest BCUT2D eigenvalue weighted by molar-refractivity contribution is -0.118. The van der Waals surface area contributed by atoms with E-state index < -0.39 is 0 Å². The summed E-state index contributed by atoms with van der Waals surface area (Å²) in [6, 6.07) is 14.2. The summed E-state index contributed by atoms with van der Waals surface area (Å²) in [5.41, 5.74) is 3.14. The van der Waals surface area contributed by atoms with E-state index in [1.54, 1.807) is 24.3 Å². The molecular weight excluding hydrogens is 440 g/mol. The van der Waals surface area contributed by atoms with Crippen LogP contribution >= 0.6 is 11.3 Å². The van der Waals surface area contributed by atoms with Crippen LogP contribution in [0.1, 0.15) is 28.8 Å². The molecule has 0 fully saturated rings. The van der Waals surface area contributed by atoms with Gasteiger partial charge in [0.2, 0.25) is 4.96 Å². The molecule has 0 aliphatic carbocycles. The minimum absolute atomic E-state index is 0.101. The molecule has 2 heterocycles. The Bertz CT molecular complexity index is 1360. The van der Waals surface area contributed by atoms with Crippen molar-refractivity contribution in [3.8, 4) is 11.5 Å². The number of hydrogen-bond donors (Lipinski definition) is 1. The van der Waals surface area contributed by atoms with E-state index >= 15 is 0 Å².